The normalized spacial score (nSPS) is 17.1. The number of benzene rings is 1. The van der Waals surface area contributed by atoms with Gasteiger partial charge in [-0.3, -0.25) is 4.79 Å². The van der Waals surface area contributed by atoms with Gasteiger partial charge in [-0.05, 0) is 55.4 Å². The minimum absolute atomic E-state index is 0.0174. The molecular formula is C19H30N2O2. The Morgan fingerprint density at radius 2 is 1.83 bits per heavy atom. The Kier molecular flexibility index (Phi) is 6.05. The Morgan fingerprint density at radius 1 is 1.22 bits per heavy atom. The van der Waals surface area contributed by atoms with E-state index in [1.807, 2.05) is 29.2 Å². The third-order valence-corrected chi connectivity index (χ3v) is 5.31. The number of hydrogen-bond donors (Lipinski definition) is 1. The summed E-state index contributed by atoms with van der Waals surface area (Å²) >= 11 is 0. The summed E-state index contributed by atoms with van der Waals surface area (Å²) in [6.07, 6.45) is 3.87. The summed E-state index contributed by atoms with van der Waals surface area (Å²) in [5, 5.41) is 9.60. The summed E-state index contributed by atoms with van der Waals surface area (Å²) in [6, 6.07) is 7.91. The van der Waals surface area contributed by atoms with E-state index in [0.717, 1.165) is 56.6 Å². The second-order valence-corrected chi connectivity index (χ2v) is 6.77. The molecule has 1 fully saturated rings. The van der Waals surface area contributed by atoms with Gasteiger partial charge in [0.25, 0.3) is 5.91 Å². The predicted octanol–water partition coefficient (Wildman–Crippen LogP) is 3.16. The first-order chi connectivity index (χ1) is 11.0. The molecule has 2 rings (SSSR count). The molecule has 0 atom stereocenters. The monoisotopic (exact) mass is 318 g/mol. The molecule has 4 heteroatoms. The summed E-state index contributed by atoms with van der Waals surface area (Å²) in [5.74, 6) is 0.109. The summed E-state index contributed by atoms with van der Waals surface area (Å²) in [7, 11) is 2.07. The first kappa shape index (κ1) is 17.8. The van der Waals surface area contributed by atoms with E-state index in [4.69, 9.17) is 0 Å². The first-order valence-corrected chi connectivity index (χ1v) is 8.76. The van der Waals surface area contributed by atoms with Crippen molar-refractivity contribution in [3.8, 4) is 0 Å². The van der Waals surface area contributed by atoms with Crippen LogP contribution < -0.4 is 4.90 Å². The van der Waals surface area contributed by atoms with Gasteiger partial charge in [-0.2, -0.15) is 0 Å². The molecule has 0 spiro atoms. The molecule has 23 heavy (non-hydrogen) atoms. The molecule has 0 radical (unpaired) electrons. The average Bonchev–Trinajstić information content (AvgIpc) is 2.61. The van der Waals surface area contributed by atoms with Gasteiger partial charge in [-0.1, -0.05) is 13.8 Å². The van der Waals surface area contributed by atoms with Gasteiger partial charge in [0.1, 0.15) is 0 Å². The van der Waals surface area contributed by atoms with Crippen LogP contribution in [0.15, 0.2) is 24.3 Å². The van der Waals surface area contributed by atoms with Crippen LogP contribution in [0.25, 0.3) is 0 Å². The van der Waals surface area contributed by atoms with Gasteiger partial charge in [0.05, 0.1) is 0 Å². The molecule has 0 aromatic heterocycles. The number of carbonyl (C=O) groups is 1. The molecule has 128 valence electrons. The largest absolute Gasteiger partial charge is 0.396 e. The van der Waals surface area contributed by atoms with Gasteiger partial charge in [0.2, 0.25) is 0 Å². The minimum atomic E-state index is 0.0174. The number of anilines is 1. The van der Waals surface area contributed by atoms with E-state index < -0.39 is 0 Å². The Morgan fingerprint density at radius 3 is 2.30 bits per heavy atom. The fourth-order valence-corrected chi connectivity index (χ4v) is 3.31. The van der Waals surface area contributed by atoms with Crippen LogP contribution in [0.2, 0.25) is 0 Å². The molecule has 1 aliphatic heterocycles. The number of hydrogen-bond acceptors (Lipinski definition) is 3. The van der Waals surface area contributed by atoms with Gasteiger partial charge in [-0.25, -0.2) is 0 Å². The molecule has 1 aromatic rings. The van der Waals surface area contributed by atoms with Crippen molar-refractivity contribution in [2.24, 2.45) is 5.41 Å². The van der Waals surface area contributed by atoms with Crippen LogP contribution in [0, 0.1) is 5.41 Å². The van der Waals surface area contributed by atoms with Crippen LogP contribution in [-0.2, 0) is 0 Å². The number of aliphatic hydroxyl groups excluding tert-OH is 1. The second kappa shape index (κ2) is 7.82. The van der Waals surface area contributed by atoms with Crippen molar-refractivity contribution in [1.29, 1.82) is 0 Å². The van der Waals surface area contributed by atoms with Crippen molar-refractivity contribution in [3.05, 3.63) is 29.8 Å². The van der Waals surface area contributed by atoms with E-state index in [9.17, 15) is 9.90 Å². The van der Waals surface area contributed by atoms with Crippen molar-refractivity contribution >= 4 is 11.6 Å². The molecule has 0 unspecified atom stereocenters. The topological polar surface area (TPSA) is 43.8 Å². The van der Waals surface area contributed by atoms with Gasteiger partial charge in [0.15, 0.2) is 0 Å². The van der Waals surface area contributed by atoms with Crippen molar-refractivity contribution in [2.45, 2.75) is 39.5 Å². The molecule has 1 amide bonds. The minimum Gasteiger partial charge on any atom is -0.396 e. The number of carbonyl (C=O) groups excluding carboxylic acids is 1. The number of nitrogens with zero attached hydrogens (tertiary/aromatic N) is 2. The van der Waals surface area contributed by atoms with Gasteiger partial charge >= 0.3 is 0 Å². The third-order valence-electron chi connectivity index (χ3n) is 5.31. The van der Waals surface area contributed by atoms with E-state index >= 15 is 0 Å². The van der Waals surface area contributed by atoms with Gasteiger partial charge in [0, 0.05) is 44.5 Å². The van der Waals surface area contributed by atoms with Crippen LogP contribution in [0.1, 0.15) is 49.9 Å². The second-order valence-electron chi connectivity index (χ2n) is 6.77. The molecule has 4 nitrogen and oxygen atoms in total. The summed E-state index contributed by atoms with van der Waals surface area (Å²) in [5.41, 5.74) is 1.92. The molecular weight excluding hydrogens is 288 g/mol. The molecule has 0 aliphatic carbocycles. The highest BCUT2D eigenvalue weighted by Crippen LogP contribution is 2.34. The quantitative estimate of drug-likeness (QED) is 0.876. The molecule has 0 bridgehead atoms. The number of aliphatic hydroxyl groups is 1. The molecule has 1 aromatic carbocycles. The zero-order chi connectivity index (χ0) is 16.9. The lowest BCUT2D eigenvalue weighted by molar-refractivity contribution is 0.0338. The van der Waals surface area contributed by atoms with E-state index in [0.29, 0.717) is 0 Å². The molecule has 1 saturated heterocycles. The van der Waals surface area contributed by atoms with Crippen LogP contribution in [0.4, 0.5) is 5.69 Å². The summed E-state index contributed by atoms with van der Waals surface area (Å²) in [4.78, 5) is 16.8. The fourth-order valence-electron chi connectivity index (χ4n) is 3.31. The highest BCUT2D eigenvalue weighted by Gasteiger charge is 2.34. The first-order valence-electron chi connectivity index (χ1n) is 8.76. The van der Waals surface area contributed by atoms with E-state index in [1.54, 1.807) is 0 Å². The zero-order valence-corrected chi connectivity index (χ0v) is 14.7. The van der Waals surface area contributed by atoms with Crippen LogP contribution >= 0.6 is 0 Å². The third kappa shape index (κ3) is 4.05. The Labute approximate surface area is 140 Å². The Balaban J connectivity index is 1.99. The molecule has 1 aliphatic rings. The summed E-state index contributed by atoms with van der Waals surface area (Å²) in [6.45, 7) is 7.01. The van der Waals surface area contributed by atoms with E-state index in [2.05, 4.69) is 25.8 Å². The van der Waals surface area contributed by atoms with E-state index in [-0.39, 0.29) is 17.9 Å². The highest BCUT2D eigenvalue weighted by molar-refractivity contribution is 5.94. The zero-order valence-electron chi connectivity index (χ0n) is 14.7. The maximum atomic E-state index is 12.6. The standard InChI is InChI=1S/C19H30N2O2/c1-4-12-20(3)17-8-6-16(7-9-17)18(23)21-13-10-19(5-2,15-22)11-14-21/h6-9,22H,4-5,10-15H2,1-3H3. The van der Waals surface area contributed by atoms with Crippen molar-refractivity contribution in [2.75, 3.05) is 38.2 Å². The molecule has 1 heterocycles. The van der Waals surface area contributed by atoms with Crippen molar-refractivity contribution in [1.82, 2.24) is 4.90 Å². The lowest BCUT2D eigenvalue weighted by Gasteiger charge is -2.40. The van der Waals surface area contributed by atoms with Gasteiger partial charge < -0.3 is 14.9 Å². The van der Waals surface area contributed by atoms with Crippen molar-refractivity contribution in [3.63, 3.8) is 0 Å². The number of piperidine rings is 1. The number of rotatable bonds is 6. The maximum Gasteiger partial charge on any atom is 0.253 e. The highest BCUT2D eigenvalue weighted by atomic mass is 16.3. The lowest BCUT2D eigenvalue weighted by atomic mass is 9.77. The Hall–Kier alpha value is -1.55. The van der Waals surface area contributed by atoms with Crippen LogP contribution in [0.5, 0.6) is 0 Å². The number of amides is 1. The molecule has 0 saturated carbocycles. The van der Waals surface area contributed by atoms with E-state index in [1.165, 1.54) is 0 Å². The van der Waals surface area contributed by atoms with Crippen LogP contribution in [0.3, 0.4) is 0 Å². The van der Waals surface area contributed by atoms with Crippen molar-refractivity contribution < 1.29 is 9.90 Å². The van der Waals surface area contributed by atoms with Crippen LogP contribution in [-0.4, -0.2) is 49.2 Å². The fraction of sp³-hybridized carbons (Fsp3) is 0.632. The smallest absolute Gasteiger partial charge is 0.253 e. The summed E-state index contributed by atoms with van der Waals surface area (Å²) < 4.78 is 0. The average molecular weight is 318 g/mol. The Bertz CT molecular complexity index is 499. The van der Waals surface area contributed by atoms with Gasteiger partial charge in [-0.15, -0.1) is 0 Å². The SMILES string of the molecule is CCCN(C)c1ccc(C(=O)N2CCC(CC)(CO)CC2)cc1. The predicted molar refractivity (Wildman–Crippen MR) is 95.0 cm³/mol. The number of likely N-dealkylation sites (tertiary alicyclic amines) is 1. The maximum absolute atomic E-state index is 12.6. The lowest BCUT2D eigenvalue weighted by Crippen LogP contribution is -2.44. The molecule has 1 N–H and O–H groups in total.